The Hall–Kier alpha value is -1.40. The van der Waals surface area contributed by atoms with Gasteiger partial charge < -0.3 is 4.74 Å². The summed E-state index contributed by atoms with van der Waals surface area (Å²) in [4.78, 5) is 0. The van der Waals surface area contributed by atoms with E-state index < -0.39 is 5.82 Å². The van der Waals surface area contributed by atoms with E-state index in [1.165, 1.54) is 12.1 Å². The van der Waals surface area contributed by atoms with Crippen LogP contribution in [0.5, 0.6) is 5.75 Å². The maximum atomic E-state index is 13.3. The molecule has 0 unspecified atom stereocenters. The Bertz CT molecular complexity index is 684. The van der Waals surface area contributed by atoms with Gasteiger partial charge >= 0.3 is 0 Å². The first kappa shape index (κ1) is 16.0. The van der Waals surface area contributed by atoms with Crippen molar-refractivity contribution in [1.82, 2.24) is 0 Å². The van der Waals surface area contributed by atoms with Gasteiger partial charge in [0.1, 0.15) is 18.2 Å². The van der Waals surface area contributed by atoms with Crippen LogP contribution in [0.15, 0.2) is 36.4 Å². The van der Waals surface area contributed by atoms with Crippen LogP contribution >= 0.6 is 34.8 Å². The van der Waals surface area contributed by atoms with Crippen LogP contribution in [-0.2, 0) is 6.61 Å². The molecule has 0 atom stereocenters. The summed E-state index contributed by atoms with van der Waals surface area (Å²) in [5.41, 5.74) is 1.20. The predicted octanol–water partition coefficient (Wildman–Crippen LogP) is 5.30. The van der Waals surface area contributed by atoms with Crippen molar-refractivity contribution < 1.29 is 9.13 Å². The first-order valence-corrected chi connectivity index (χ1v) is 7.31. The van der Waals surface area contributed by atoms with Crippen LogP contribution in [0.4, 0.5) is 4.39 Å². The lowest BCUT2D eigenvalue weighted by Crippen LogP contribution is -1.99. The average molecular weight is 344 g/mol. The molecular weight excluding hydrogens is 334 g/mol. The minimum atomic E-state index is -0.410. The fraction of sp³-hybridized carbons (Fsp3) is 0.125. The third-order valence-corrected chi connectivity index (χ3v) is 3.51. The summed E-state index contributed by atoms with van der Waals surface area (Å²) in [5.74, 6) is 5.62. The summed E-state index contributed by atoms with van der Waals surface area (Å²) < 4.78 is 19.0. The minimum absolute atomic E-state index is 0.123. The Labute approximate surface area is 137 Å². The fourth-order valence-electron chi connectivity index (χ4n) is 1.67. The van der Waals surface area contributed by atoms with Crippen molar-refractivity contribution in [3.63, 3.8) is 0 Å². The highest BCUT2D eigenvalue weighted by Gasteiger charge is 2.09. The molecule has 21 heavy (non-hydrogen) atoms. The highest BCUT2D eigenvalue weighted by molar-refractivity contribution is 6.35. The molecular formula is C16H10Cl3FO. The van der Waals surface area contributed by atoms with Gasteiger partial charge in [-0.05, 0) is 24.3 Å². The molecule has 2 aromatic rings. The van der Waals surface area contributed by atoms with Crippen molar-refractivity contribution in [3.05, 3.63) is 63.4 Å². The van der Waals surface area contributed by atoms with Gasteiger partial charge in [0, 0.05) is 21.7 Å². The number of ether oxygens (including phenoxy) is 1. The SMILES string of the molecule is Fc1ccc(C#CCCl)c(OCc2c(Cl)cccc2Cl)c1. The van der Waals surface area contributed by atoms with Gasteiger partial charge in [0.05, 0.1) is 11.4 Å². The van der Waals surface area contributed by atoms with Gasteiger partial charge in [-0.25, -0.2) is 4.39 Å². The third kappa shape index (κ3) is 4.28. The summed E-state index contributed by atoms with van der Waals surface area (Å²) >= 11 is 17.7. The second-order valence-corrected chi connectivity index (χ2v) is 5.15. The summed E-state index contributed by atoms with van der Waals surface area (Å²) in [6.45, 7) is 0.123. The van der Waals surface area contributed by atoms with E-state index in [-0.39, 0.29) is 12.5 Å². The molecule has 0 heterocycles. The molecule has 0 N–H and O–H groups in total. The van der Waals surface area contributed by atoms with Crippen LogP contribution < -0.4 is 4.74 Å². The van der Waals surface area contributed by atoms with Crippen LogP contribution in [0.25, 0.3) is 0 Å². The Morgan fingerprint density at radius 2 is 1.81 bits per heavy atom. The summed E-state index contributed by atoms with van der Waals surface area (Å²) in [7, 11) is 0. The summed E-state index contributed by atoms with van der Waals surface area (Å²) in [6, 6.07) is 9.29. The van der Waals surface area contributed by atoms with Gasteiger partial charge in [-0.1, -0.05) is 41.1 Å². The number of hydrogen-bond donors (Lipinski definition) is 0. The standard InChI is InChI=1S/C16H10Cl3FO/c17-8-2-3-11-6-7-12(20)9-16(11)21-10-13-14(18)4-1-5-15(13)19/h1,4-7,9H,8,10H2. The van der Waals surface area contributed by atoms with Crippen LogP contribution in [0.1, 0.15) is 11.1 Å². The van der Waals surface area contributed by atoms with E-state index in [0.29, 0.717) is 26.9 Å². The Balaban J connectivity index is 2.25. The molecule has 0 fully saturated rings. The van der Waals surface area contributed by atoms with Gasteiger partial charge in [-0.2, -0.15) is 0 Å². The zero-order chi connectivity index (χ0) is 15.2. The smallest absolute Gasteiger partial charge is 0.138 e. The lowest BCUT2D eigenvalue weighted by Gasteiger charge is -2.11. The largest absolute Gasteiger partial charge is 0.487 e. The lowest BCUT2D eigenvalue weighted by molar-refractivity contribution is 0.304. The highest BCUT2D eigenvalue weighted by atomic mass is 35.5. The van der Waals surface area contributed by atoms with Crippen LogP contribution in [0, 0.1) is 17.7 Å². The molecule has 5 heteroatoms. The van der Waals surface area contributed by atoms with Crippen molar-refractivity contribution >= 4 is 34.8 Å². The normalized spacial score (nSPS) is 9.90. The maximum Gasteiger partial charge on any atom is 0.138 e. The minimum Gasteiger partial charge on any atom is -0.487 e. The monoisotopic (exact) mass is 342 g/mol. The second-order valence-electron chi connectivity index (χ2n) is 4.06. The van der Waals surface area contributed by atoms with Gasteiger partial charge in [0.25, 0.3) is 0 Å². The van der Waals surface area contributed by atoms with Crippen molar-refractivity contribution in [2.75, 3.05) is 5.88 Å². The van der Waals surface area contributed by atoms with E-state index >= 15 is 0 Å². The molecule has 108 valence electrons. The molecule has 0 saturated heterocycles. The number of halogens is 4. The van der Waals surface area contributed by atoms with Crippen LogP contribution in [0.2, 0.25) is 10.0 Å². The molecule has 0 bridgehead atoms. The topological polar surface area (TPSA) is 9.23 Å². The number of benzene rings is 2. The fourth-order valence-corrected chi connectivity index (χ4v) is 2.24. The Morgan fingerprint density at radius 3 is 2.48 bits per heavy atom. The zero-order valence-corrected chi connectivity index (χ0v) is 13.1. The van der Waals surface area contributed by atoms with Crippen molar-refractivity contribution in [3.8, 4) is 17.6 Å². The van der Waals surface area contributed by atoms with E-state index in [9.17, 15) is 4.39 Å². The van der Waals surface area contributed by atoms with E-state index in [1.54, 1.807) is 24.3 Å². The molecule has 0 aliphatic carbocycles. The van der Waals surface area contributed by atoms with E-state index in [0.717, 1.165) is 0 Å². The van der Waals surface area contributed by atoms with Gasteiger partial charge in [-0.15, -0.1) is 11.6 Å². The molecule has 2 aromatic carbocycles. The van der Waals surface area contributed by atoms with Crippen molar-refractivity contribution in [2.45, 2.75) is 6.61 Å². The predicted molar refractivity (Wildman–Crippen MR) is 84.8 cm³/mol. The lowest BCUT2D eigenvalue weighted by atomic mass is 10.2. The maximum absolute atomic E-state index is 13.3. The average Bonchev–Trinajstić information content (AvgIpc) is 2.46. The molecule has 0 amide bonds. The zero-order valence-electron chi connectivity index (χ0n) is 10.8. The van der Waals surface area contributed by atoms with Crippen LogP contribution in [-0.4, -0.2) is 5.88 Å². The Morgan fingerprint density at radius 1 is 1.10 bits per heavy atom. The molecule has 2 rings (SSSR count). The third-order valence-electron chi connectivity index (χ3n) is 2.67. The number of hydrogen-bond acceptors (Lipinski definition) is 1. The van der Waals surface area contributed by atoms with Crippen molar-refractivity contribution in [2.24, 2.45) is 0 Å². The van der Waals surface area contributed by atoms with Crippen molar-refractivity contribution in [1.29, 1.82) is 0 Å². The quantitative estimate of drug-likeness (QED) is 0.542. The summed E-state index contributed by atoms with van der Waals surface area (Å²) in [5, 5.41) is 0.986. The van der Waals surface area contributed by atoms with Gasteiger partial charge in [0.2, 0.25) is 0 Å². The van der Waals surface area contributed by atoms with Crippen LogP contribution in [0.3, 0.4) is 0 Å². The summed E-state index contributed by atoms with van der Waals surface area (Å²) in [6.07, 6.45) is 0. The van der Waals surface area contributed by atoms with Gasteiger partial charge in [0.15, 0.2) is 0 Å². The highest BCUT2D eigenvalue weighted by Crippen LogP contribution is 2.27. The molecule has 0 saturated carbocycles. The number of alkyl halides is 1. The molecule has 0 aliphatic rings. The molecule has 0 spiro atoms. The van der Waals surface area contributed by atoms with E-state index in [2.05, 4.69) is 11.8 Å². The van der Waals surface area contributed by atoms with Gasteiger partial charge in [-0.3, -0.25) is 0 Å². The molecule has 1 nitrogen and oxygen atoms in total. The first-order valence-electron chi connectivity index (χ1n) is 6.02. The molecule has 0 aliphatic heterocycles. The molecule has 0 aromatic heterocycles. The number of rotatable bonds is 3. The van der Waals surface area contributed by atoms with E-state index in [4.69, 9.17) is 39.5 Å². The van der Waals surface area contributed by atoms with E-state index in [1.807, 2.05) is 0 Å². The Kier molecular flexibility index (Phi) is 5.76. The molecule has 0 radical (unpaired) electrons. The first-order chi connectivity index (χ1) is 10.1. The second kappa shape index (κ2) is 7.56.